The normalized spacial score (nSPS) is 21.0. The summed E-state index contributed by atoms with van der Waals surface area (Å²) < 4.78 is 3.37. The number of hydrogen-bond donors (Lipinski definition) is 1. The Balaban J connectivity index is 1.47. The quantitative estimate of drug-likeness (QED) is 0.888. The van der Waals surface area contributed by atoms with Crippen molar-refractivity contribution in [2.24, 2.45) is 14.1 Å². The first-order valence-electron chi connectivity index (χ1n) is 9.67. The highest BCUT2D eigenvalue weighted by Crippen LogP contribution is 2.33. The van der Waals surface area contributed by atoms with E-state index in [9.17, 15) is 9.59 Å². The van der Waals surface area contributed by atoms with Gasteiger partial charge in [-0.25, -0.2) is 0 Å². The zero-order valence-corrected chi connectivity index (χ0v) is 15.9. The maximum absolute atomic E-state index is 12.9. The average Bonchev–Trinajstić information content (AvgIpc) is 3.35. The number of rotatable bonds is 4. The zero-order valence-electron chi connectivity index (χ0n) is 15.9. The molecular formula is C19H26N6O2. The maximum Gasteiger partial charge on any atom is 0.255 e. The molecule has 1 unspecified atom stereocenters. The fourth-order valence-corrected chi connectivity index (χ4v) is 4.21. The van der Waals surface area contributed by atoms with E-state index < -0.39 is 6.04 Å². The van der Waals surface area contributed by atoms with E-state index in [4.69, 9.17) is 0 Å². The second-order valence-electron chi connectivity index (χ2n) is 7.61. The number of nitrogens with one attached hydrogen (secondary N) is 1. The van der Waals surface area contributed by atoms with Crippen molar-refractivity contribution in [3.63, 3.8) is 0 Å². The molecule has 8 nitrogen and oxygen atoms in total. The number of aryl methyl sites for hydroxylation is 2. The summed E-state index contributed by atoms with van der Waals surface area (Å²) >= 11 is 0. The smallest absolute Gasteiger partial charge is 0.255 e. The third-order valence-corrected chi connectivity index (χ3v) is 5.61. The van der Waals surface area contributed by atoms with Gasteiger partial charge in [-0.2, -0.15) is 10.2 Å². The molecule has 27 heavy (non-hydrogen) atoms. The lowest BCUT2D eigenvalue weighted by molar-refractivity contribution is -0.118. The molecule has 144 valence electrons. The Morgan fingerprint density at radius 1 is 1.11 bits per heavy atom. The predicted octanol–water partition coefficient (Wildman–Crippen LogP) is 1.74. The SMILES string of the molecule is Cn1cc(N2CCC(NC(=O)c3cn(C)nc3C3CCCCC3)C2=O)cn1. The van der Waals surface area contributed by atoms with Gasteiger partial charge in [0.05, 0.1) is 23.1 Å². The minimum atomic E-state index is -0.503. The van der Waals surface area contributed by atoms with Crippen molar-refractivity contribution >= 4 is 17.5 Å². The van der Waals surface area contributed by atoms with Crippen LogP contribution in [-0.4, -0.2) is 44.0 Å². The summed E-state index contributed by atoms with van der Waals surface area (Å²) in [6.07, 6.45) is 11.6. The first-order valence-corrected chi connectivity index (χ1v) is 9.67. The van der Waals surface area contributed by atoms with Gasteiger partial charge in [0, 0.05) is 39.0 Å². The first kappa shape index (κ1) is 17.8. The topological polar surface area (TPSA) is 85.0 Å². The summed E-state index contributed by atoms with van der Waals surface area (Å²) in [5.74, 6) is 0.0568. The van der Waals surface area contributed by atoms with Crippen LogP contribution in [-0.2, 0) is 18.9 Å². The average molecular weight is 370 g/mol. The van der Waals surface area contributed by atoms with E-state index in [0.717, 1.165) is 24.2 Å². The molecule has 2 aliphatic rings. The van der Waals surface area contributed by atoms with Crippen LogP contribution in [0, 0.1) is 0 Å². The molecule has 2 aromatic heterocycles. The molecule has 1 aliphatic heterocycles. The Morgan fingerprint density at radius 3 is 2.59 bits per heavy atom. The third-order valence-electron chi connectivity index (χ3n) is 5.61. The van der Waals surface area contributed by atoms with E-state index in [1.807, 2.05) is 20.3 Å². The summed E-state index contributed by atoms with van der Waals surface area (Å²) in [4.78, 5) is 27.3. The number of anilines is 1. The van der Waals surface area contributed by atoms with Crippen LogP contribution >= 0.6 is 0 Å². The van der Waals surface area contributed by atoms with Gasteiger partial charge in [0.2, 0.25) is 5.91 Å². The molecule has 2 fully saturated rings. The summed E-state index contributed by atoms with van der Waals surface area (Å²) in [7, 11) is 3.66. The van der Waals surface area contributed by atoms with Gasteiger partial charge in [0.15, 0.2) is 0 Å². The standard InChI is InChI=1S/C19H26N6O2/c1-23-11-14(10-20-23)25-9-8-16(19(25)27)21-18(26)15-12-24(2)22-17(15)13-6-4-3-5-7-13/h10-13,16H,3-9H2,1-2H3,(H,21,26). The van der Waals surface area contributed by atoms with Crippen LogP contribution < -0.4 is 10.2 Å². The lowest BCUT2D eigenvalue weighted by Gasteiger charge is -2.21. The number of hydrogen-bond acceptors (Lipinski definition) is 4. The van der Waals surface area contributed by atoms with Gasteiger partial charge in [-0.05, 0) is 19.3 Å². The summed E-state index contributed by atoms with van der Waals surface area (Å²) in [5, 5.41) is 11.6. The Bertz CT molecular complexity index is 848. The first-order chi connectivity index (χ1) is 13.0. The van der Waals surface area contributed by atoms with Crippen LogP contribution in [0.15, 0.2) is 18.6 Å². The van der Waals surface area contributed by atoms with Gasteiger partial charge in [0.25, 0.3) is 5.91 Å². The number of nitrogens with zero attached hydrogens (tertiary/aromatic N) is 5. The van der Waals surface area contributed by atoms with Crippen LogP contribution in [0.1, 0.15) is 60.5 Å². The fraction of sp³-hybridized carbons (Fsp3) is 0.579. The van der Waals surface area contributed by atoms with Crippen molar-refractivity contribution in [1.82, 2.24) is 24.9 Å². The summed E-state index contributed by atoms with van der Waals surface area (Å²) in [5.41, 5.74) is 2.25. The molecule has 1 saturated carbocycles. The van der Waals surface area contributed by atoms with Crippen molar-refractivity contribution in [3.8, 4) is 0 Å². The van der Waals surface area contributed by atoms with Gasteiger partial charge in [-0.3, -0.25) is 19.0 Å². The molecule has 8 heteroatoms. The van der Waals surface area contributed by atoms with Crippen LogP contribution in [0.4, 0.5) is 5.69 Å². The molecule has 0 radical (unpaired) electrons. The van der Waals surface area contributed by atoms with Crippen LogP contribution in [0.25, 0.3) is 0 Å². The third kappa shape index (κ3) is 3.48. The summed E-state index contributed by atoms with van der Waals surface area (Å²) in [6, 6.07) is -0.503. The molecule has 0 aromatic carbocycles. The molecular weight excluding hydrogens is 344 g/mol. The minimum Gasteiger partial charge on any atom is -0.340 e. The fourth-order valence-electron chi connectivity index (χ4n) is 4.21. The summed E-state index contributed by atoms with van der Waals surface area (Å²) in [6.45, 7) is 0.581. The van der Waals surface area contributed by atoms with Gasteiger partial charge < -0.3 is 10.2 Å². The monoisotopic (exact) mass is 370 g/mol. The van der Waals surface area contributed by atoms with Crippen LogP contribution in [0.2, 0.25) is 0 Å². The number of carbonyl (C=O) groups is 2. The second-order valence-corrected chi connectivity index (χ2v) is 7.61. The minimum absolute atomic E-state index is 0.0838. The Labute approximate surface area is 158 Å². The highest BCUT2D eigenvalue weighted by Gasteiger charge is 2.35. The molecule has 0 spiro atoms. The highest BCUT2D eigenvalue weighted by atomic mass is 16.2. The zero-order chi connectivity index (χ0) is 19.0. The second kappa shape index (κ2) is 7.17. The Hall–Kier alpha value is -2.64. The molecule has 1 N–H and O–H groups in total. The van der Waals surface area contributed by atoms with E-state index in [2.05, 4.69) is 15.5 Å². The lowest BCUT2D eigenvalue weighted by atomic mass is 9.85. The van der Waals surface area contributed by atoms with E-state index in [-0.39, 0.29) is 11.8 Å². The molecule has 1 saturated heterocycles. The molecule has 4 rings (SSSR count). The van der Waals surface area contributed by atoms with Gasteiger partial charge in [0.1, 0.15) is 6.04 Å². The van der Waals surface area contributed by atoms with E-state index in [1.54, 1.807) is 26.7 Å². The van der Waals surface area contributed by atoms with E-state index in [1.165, 1.54) is 19.3 Å². The van der Waals surface area contributed by atoms with Gasteiger partial charge >= 0.3 is 0 Å². The molecule has 0 bridgehead atoms. The number of carbonyl (C=O) groups excluding carboxylic acids is 2. The molecule has 1 aliphatic carbocycles. The lowest BCUT2D eigenvalue weighted by Crippen LogP contribution is -2.41. The molecule has 2 aromatic rings. The van der Waals surface area contributed by atoms with Crippen LogP contribution in [0.5, 0.6) is 0 Å². The van der Waals surface area contributed by atoms with Crippen molar-refractivity contribution in [2.45, 2.75) is 50.5 Å². The van der Waals surface area contributed by atoms with Crippen molar-refractivity contribution < 1.29 is 9.59 Å². The number of amides is 2. The van der Waals surface area contributed by atoms with Gasteiger partial charge in [-0.15, -0.1) is 0 Å². The predicted molar refractivity (Wildman–Crippen MR) is 100 cm³/mol. The van der Waals surface area contributed by atoms with Crippen molar-refractivity contribution in [2.75, 3.05) is 11.4 Å². The largest absolute Gasteiger partial charge is 0.340 e. The molecule has 2 amide bonds. The van der Waals surface area contributed by atoms with Crippen LogP contribution in [0.3, 0.4) is 0 Å². The Morgan fingerprint density at radius 2 is 1.89 bits per heavy atom. The van der Waals surface area contributed by atoms with E-state index >= 15 is 0 Å². The number of aromatic nitrogens is 4. The maximum atomic E-state index is 12.9. The molecule has 1 atom stereocenters. The van der Waals surface area contributed by atoms with Gasteiger partial charge in [-0.1, -0.05) is 19.3 Å². The van der Waals surface area contributed by atoms with Crippen molar-refractivity contribution in [3.05, 3.63) is 29.8 Å². The Kier molecular flexibility index (Phi) is 4.72. The highest BCUT2D eigenvalue weighted by molar-refractivity contribution is 6.04. The van der Waals surface area contributed by atoms with Crippen molar-refractivity contribution in [1.29, 1.82) is 0 Å². The molecule has 3 heterocycles. The van der Waals surface area contributed by atoms with E-state index in [0.29, 0.717) is 24.4 Å².